The molecule has 4 nitrogen and oxygen atoms in total. The summed E-state index contributed by atoms with van der Waals surface area (Å²) in [5, 5.41) is 9.69. The molecule has 3 atom stereocenters. The van der Waals surface area contributed by atoms with E-state index < -0.39 is 5.60 Å². The summed E-state index contributed by atoms with van der Waals surface area (Å²) >= 11 is 0. The Labute approximate surface area is 90.2 Å². The number of carbonyl (C=O) groups is 1. The molecule has 4 heteroatoms. The van der Waals surface area contributed by atoms with Crippen molar-refractivity contribution < 1.29 is 14.6 Å². The molecule has 86 valence electrons. The summed E-state index contributed by atoms with van der Waals surface area (Å²) < 4.78 is 5.30. The third-order valence-corrected chi connectivity index (χ3v) is 3.08. The quantitative estimate of drug-likeness (QED) is 0.661. The molecule has 2 unspecified atom stereocenters. The van der Waals surface area contributed by atoms with Crippen LogP contribution in [0.1, 0.15) is 33.6 Å². The summed E-state index contributed by atoms with van der Waals surface area (Å²) in [6.07, 6.45) is 1.13. The summed E-state index contributed by atoms with van der Waals surface area (Å²) in [4.78, 5) is 13.5. The molecule has 2 fully saturated rings. The van der Waals surface area contributed by atoms with Crippen LogP contribution in [0, 0.1) is 5.92 Å². The van der Waals surface area contributed by atoms with Crippen LogP contribution in [0.5, 0.6) is 0 Å². The van der Waals surface area contributed by atoms with Crippen molar-refractivity contribution in [1.82, 2.24) is 4.90 Å². The van der Waals surface area contributed by atoms with Crippen molar-refractivity contribution in [1.29, 1.82) is 0 Å². The second-order valence-corrected chi connectivity index (χ2v) is 5.60. The molecule has 0 spiro atoms. The Morgan fingerprint density at radius 3 is 2.53 bits per heavy atom. The number of likely N-dealkylation sites (tertiary alicyclic amines) is 1. The molecule has 1 heterocycles. The van der Waals surface area contributed by atoms with Gasteiger partial charge in [0.1, 0.15) is 5.60 Å². The average Bonchev–Trinajstić information content (AvgIpc) is 2.58. The first-order chi connectivity index (χ1) is 6.87. The van der Waals surface area contributed by atoms with Crippen molar-refractivity contribution in [2.45, 2.75) is 51.4 Å². The predicted octanol–water partition coefficient (Wildman–Crippen LogP) is 1.38. The largest absolute Gasteiger partial charge is 0.444 e. The van der Waals surface area contributed by atoms with Crippen LogP contribution in [0.4, 0.5) is 4.79 Å². The topological polar surface area (TPSA) is 49.8 Å². The lowest BCUT2D eigenvalue weighted by Gasteiger charge is -2.32. The zero-order valence-electron chi connectivity index (χ0n) is 9.56. The van der Waals surface area contributed by atoms with Crippen molar-refractivity contribution in [2.24, 2.45) is 5.92 Å². The van der Waals surface area contributed by atoms with Gasteiger partial charge in [0.2, 0.25) is 0 Å². The van der Waals surface area contributed by atoms with Gasteiger partial charge in [-0.3, -0.25) is 0 Å². The maximum atomic E-state index is 11.8. The summed E-state index contributed by atoms with van der Waals surface area (Å²) in [6.45, 7) is 6.32. The molecule has 1 saturated heterocycles. The predicted molar refractivity (Wildman–Crippen MR) is 55.5 cm³/mol. The highest BCUT2D eigenvalue weighted by atomic mass is 16.6. The Hall–Kier alpha value is -0.770. The first kappa shape index (κ1) is 10.7. The number of hydrogen-bond donors (Lipinski definition) is 1. The minimum Gasteiger partial charge on any atom is -0.444 e. The Morgan fingerprint density at radius 1 is 1.40 bits per heavy atom. The number of fused-ring (bicyclic) bond motifs is 2. The van der Waals surface area contributed by atoms with E-state index >= 15 is 0 Å². The minimum atomic E-state index is -0.454. The second-order valence-electron chi connectivity index (χ2n) is 5.60. The fraction of sp³-hybridized carbons (Fsp3) is 0.909. The Balaban J connectivity index is 1.98. The van der Waals surface area contributed by atoms with Crippen LogP contribution in [0.15, 0.2) is 0 Å². The molecule has 1 aliphatic carbocycles. The van der Waals surface area contributed by atoms with Crippen LogP contribution < -0.4 is 0 Å². The molecule has 1 amide bonds. The summed E-state index contributed by atoms with van der Waals surface area (Å²) in [5.41, 5.74) is -0.454. The minimum absolute atomic E-state index is 0.00940. The molecule has 0 aromatic heterocycles. The first-order valence-electron chi connectivity index (χ1n) is 5.54. The molecule has 15 heavy (non-hydrogen) atoms. The number of aliphatic hydroxyl groups excluding tert-OH is 1. The highest BCUT2D eigenvalue weighted by molar-refractivity contribution is 5.69. The van der Waals surface area contributed by atoms with E-state index in [-0.39, 0.29) is 18.2 Å². The van der Waals surface area contributed by atoms with Gasteiger partial charge in [-0.05, 0) is 39.5 Å². The van der Waals surface area contributed by atoms with E-state index in [1.165, 1.54) is 0 Å². The van der Waals surface area contributed by atoms with Gasteiger partial charge in [-0.2, -0.15) is 0 Å². The maximum Gasteiger partial charge on any atom is 0.410 e. The number of aliphatic hydroxyl groups is 1. The van der Waals surface area contributed by atoms with E-state index in [4.69, 9.17) is 4.74 Å². The van der Waals surface area contributed by atoms with Gasteiger partial charge in [0.15, 0.2) is 0 Å². The normalized spacial score (nSPS) is 34.7. The number of carbonyl (C=O) groups excluding carboxylic acids is 1. The number of rotatable bonds is 0. The fourth-order valence-electron chi connectivity index (χ4n) is 2.52. The lowest BCUT2D eigenvalue weighted by molar-refractivity contribution is -0.00176. The fourth-order valence-corrected chi connectivity index (χ4v) is 2.52. The molecule has 0 aromatic carbocycles. The van der Waals surface area contributed by atoms with Gasteiger partial charge in [-0.1, -0.05) is 0 Å². The van der Waals surface area contributed by atoms with E-state index in [0.717, 1.165) is 19.4 Å². The molecule has 2 bridgehead atoms. The highest BCUT2D eigenvalue weighted by Crippen LogP contribution is 2.38. The molecular weight excluding hydrogens is 194 g/mol. The zero-order chi connectivity index (χ0) is 11.2. The second kappa shape index (κ2) is 3.37. The van der Waals surface area contributed by atoms with Gasteiger partial charge in [0, 0.05) is 6.54 Å². The van der Waals surface area contributed by atoms with Crippen LogP contribution in [-0.2, 0) is 4.74 Å². The Morgan fingerprint density at radius 2 is 2.07 bits per heavy atom. The first-order valence-corrected chi connectivity index (χ1v) is 5.54. The van der Waals surface area contributed by atoms with Crippen LogP contribution in [0.2, 0.25) is 0 Å². The zero-order valence-corrected chi connectivity index (χ0v) is 9.56. The maximum absolute atomic E-state index is 11.8. The lowest BCUT2D eigenvalue weighted by atomic mass is 10.1. The molecule has 2 rings (SSSR count). The van der Waals surface area contributed by atoms with Gasteiger partial charge in [0.25, 0.3) is 0 Å². The van der Waals surface area contributed by atoms with Crippen molar-refractivity contribution in [2.75, 3.05) is 6.54 Å². The third kappa shape index (κ3) is 2.09. The van der Waals surface area contributed by atoms with Crippen LogP contribution in [0.25, 0.3) is 0 Å². The number of piperidine rings is 1. The van der Waals surface area contributed by atoms with Crippen molar-refractivity contribution >= 4 is 6.09 Å². The highest BCUT2D eigenvalue weighted by Gasteiger charge is 2.47. The van der Waals surface area contributed by atoms with Gasteiger partial charge in [-0.25, -0.2) is 4.79 Å². The Kier molecular flexibility index (Phi) is 2.41. The van der Waals surface area contributed by atoms with Crippen molar-refractivity contribution in [3.8, 4) is 0 Å². The molecule has 0 aromatic rings. The van der Waals surface area contributed by atoms with E-state index in [1.54, 1.807) is 4.90 Å². The van der Waals surface area contributed by atoms with Crippen LogP contribution in [0.3, 0.4) is 0 Å². The number of ether oxygens (including phenoxy) is 1. The van der Waals surface area contributed by atoms with E-state index in [1.807, 2.05) is 20.8 Å². The molecule has 1 saturated carbocycles. The van der Waals surface area contributed by atoms with Gasteiger partial charge in [0.05, 0.1) is 12.1 Å². The van der Waals surface area contributed by atoms with Gasteiger partial charge >= 0.3 is 6.09 Å². The average molecular weight is 213 g/mol. The summed E-state index contributed by atoms with van der Waals surface area (Å²) in [6, 6.07) is -0.00940. The molecule has 1 N–H and O–H groups in total. The monoisotopic (exact) mass is 213 g/mol. The SMILES string of the molecule is CC(C)(C)OC(=O)N1CC2CC1[C@@H](O)C2. The molecular formula is C11H19NO3. The van der Waals surface area contributed by atoms with E-state index in [0.29, 0.717) is 5.92 Å². The third-order valence-electron chi connectivity index (χ3n) is 3.08. The van der Waals surface area contributed by atoms with Crippen molar-refractivity contribution in [3.63, 3.8) is 0 Å². The van der Waals surface area contributed by atoms with Crippen LogP contribution >= 0.6 is 0 Å². The van der Waals surface area contributed by atoms with E-state index in [9.17, 15) is 9.90 Å². The van der Waals surface area contributed by atoms with Crippen LogP contribution in [-0.4, -0.2) is 40.4 Å². The van der Waals surface area contributed by atoms with E-state index in [2.05, 4.69) is 0 Å². The molecule has 0 radical (unpaired) electrons. The van der Waals surface area contributed by atoms with Crippen molar-refractivity contribution in [3.05, 3.63) is 0 Å². The Bertz CT molecular complexity index is 271. The summed E-state index contributed by atoms with van der Waals surface area (Å²) in [5.74, 6) is 0.470. The number of nitrogens with zero attached hydrogens (tertiary/aromatic N) is 1. The standard InChI is InChI=1S/C11H19NO3/c1-11(2,3)15-10(14)12-6-7-4-8(12)9(13)5-7/h7-9,13H,4-6H2,1-3H3/t7?,8?,9-/m0/s1. The lowest BCUT2D eigenvalue weighted by Crippen LogP contribution is -2.46. The van der Waals surface area contributed by atoms with Gasteiger partial charge < -0.3 is 14.7 Å². The number of hydrogen-bond acceptors (Lipinski definition) is 3. The summed E-state index contributed by atoms with van der Waals surface area (Å²) in [7, 11) is 0. The number of amides is 1. The molecule has 1 aliphatic heterocycles. The molecule has 2 aliphatic rings. The van der Waals surface area contributed by atoms with Gasteiger partial charge in [-0.15, -0.1) is 0 Å². The smallest absolute Gasteiger partial charge is 0.410 e.